The molecule has 0 bridgehead atoms. The molecule has 2 fully saturated rings. The molecule has 0 aliphatic carbocycles. The minimum absolute atomic E-state index is 0.0938. The number of halogens is 3. The summed E-state index contributed by atoms with van der Waals surface area (Å²) in [5, 5.41) is 3.39. The van der Waals surface area contributed by atoms with Gasteiger partial charge < -0.3 is 10.2 Å². The zero-order chi connectivity index (χ0) is 19.2. The molecule has 0 saturated carbocycles. The van der Waals surface area contributed by atoms with Crippen LogP contribution < -0.4 is 5.32 Å². The van der Waals surface area contributed by atoms with Crippen molar-refractivity contribution in [2.45, 2.75) is 19.1 Å². The zero-order valence-electron chi connectivity index (χ0n) is 15.0. The standard InChI is InChI=1S/C21H21F3N2O/c1-13-5-2-3-8-17(13)19-18-11-25-10-15(18)12-26(19)20(27)14-6-4-7-16(9-14)21(22,23)24/h2-9,15,18-19,25H,10-12H2,1H3/t15-,18-,19-/m0/s1. The van der Waals surface area contributed by atoms with Crippen LogP contribution in [0.4, 0.5) is 13.2 Å². The maximum absolute atomic E-state index is 13.2. The van der Waals surface area contributed by atoms with Crippen LogP contribution in [0, 0.1) is 18.8 Å². The summed E-state index contributed by atoms with van der Waals surface area (Å²) in [5.41, 5.74) is 1.48. The van der Waals surface area contributed by atoms with E-state index >= 15 is 0 Å². The average molecular weight is 374 g/mol. The number of amides is 1. The first-order valence-corrected chi connectivity index (χ1v) is 9.11. The van der Waals surface area contributed by atoms with Crippen molar-refractivity contribution < 1.29 is 18.0 Å². The summed E-state index contributed by atoms with van der Waals surface area (Å²) in [6.07, 6.45) is -4.46. The molecule has 27 heavy (non-hydrogen) atoms. The Kier molecular flexibility index (Phi) is 4.46. The summed E-state index contributed by atoms with van der Waals surface area (Å²) in [6.45, 7) is 4.22. The van der Waals surface area contributed by atoms with E-state index in [1.54, 1.807) is 4.90 Å². The second-order valence-corrected chi connectivity index (χ2v) is 7.42. The fourth-order valence-electron chi connectivity index (χ4n) is 4.44. The van der Waals surface area contributed by atoms with Crippen molar-refractivity contribution in [1.29, 1.82) is 0 Å². The summed E-state index contributed by atoms with van der Waals surface area (Å²) >= 11 is 0. The van der Waals surface area contributed by atoms with Crippen molar-refractivity contribution in [3.8, 4) is 0 Å². The lowest BCUT2D eigenvalue weighted by atomic mass is 9.87. The number of alkyl halides is 3. The second kappa shape index (κ2) is 6.68. The maximum Gasteiger partial charge on any atom is 0.416 e. The number of benzene rings is 2. The van der Waals surface area contributed by atoms with E-state index < -0.39 is 11.7 Å². The molecule has 2 aromatic carbocycles. The van der Waals surface area contributed by atoms with Gasteiger partial charge in [0.25, 0.3) is 5.91 Å². The van der Waals surface area contributed by atoms with Gasteiger partial charge in [-0.15, -0.1) is 0 Å². The molecule has 4 rings (SSSR count). The Hall–Kier alpha value is -2.34. The maximum atomic E-state index is 13.2. The highest BCUT2D eigenvalue weighted by Gasteiger charge is 2.47. The van der Waals surface area contributed by atoms with E-state index in [0.717, 1.165) is 36.3 Å². The van der Waals surface area contributed by atoms with Crippen molar-refractivity contribution >= 4 is 5.91 Å². The highest BCUT2D eigenvalue weighted by atomic mass is 19.4. The Bertz CT molecular complexity index is 865. The number of nitrogens with zero attached hydrogens (tertiary/aromatic N) is 1. The van der Waals surface area contributed by atoms with Crippen LogP contribution in [0.2, 0.25) is 0 Å². The van der Waals surface area contributed by atoms with Crippen molar-refractivity contribution in [3.05, 3.63) is 70.8 Å². The number of rotatable bonds is 2. The third kappa shape index (κ3) is 3.23. The summed E-state index contributed by atoms with van der Waals surface area (Å²) in [5.74, 6) is 0.272. The van der Waals surface area contributed by atoms with Crippen molar-refractivity contribution in [1.82, 2.24) is 10.2 Å². The molecular weight excluding hydrogens is 353 g/mol. The van der Waals surface area contributed by atoms with Gasteiger partial charge in [-0.3, -0.25) is 4.79 Å². The Morgan fingerprint density at radius 1 is 1.11 bits per heavy atom. The molecule has 0 unspecified atom stereocenters. The second-order valence-electron chi connectivity index (χ2n) is 7.42. The van der Waals surface area contributed by atoms with Gasteiger partial charge in [0.2, 0.25) is 0 Å². The molecule has 0 aromatic heterocycles. The average Bonchev–Trinajstić information content (AvgIpc) is 3.22. The van der Waals surface area contributed by atoms with Crippen LogP contribution in [-0.4, -0.2) is 30.4 Å². The molecule has 2 aliphatic rings. The van der Waals surface area contributed by atoms with Crippen LogP contribution in [0.3, 0.4) is 0 Å². The number of carbonyl (C=O) groups excluding carboxylic acids is 1. The van der Waals surface area contributed by atoms with Gasteiger partial charge in [0.1, 0.15) is 0 Å². The SMILES string of the molecule is Cc1ccccc1[C@H]1[C@H]2CNC[C@H]2CN1C(=O)c1cccc(C(F)(F)F)c1. The molecule has 0 radical (unpaired) electrons. The molecule has 0 spiro atoms. The minimum atomic E-state index is -4.46. The number of carbonyl (C=O) groups is 1. The van der Waals surface area contributed by atoms with Gasteiger partial charge in [-0.1, -0.05) is 30.3 Å². The van der Waals surface area contributed by atoms with E-state index in [9.17, 15) is 18.0 Å². The molecular formula is C21H21F3N2O. The van der Waals surface area contributed by atoms with Crippen LogP contribution in [0.25, 0.3) is 0 Å². The number of aryl methyl sites for hydroxylation is 1. The Labute approximate surface area is 156 Å². The van der Waals surface area contributed by atoms with Crippen LogP contribution in [0.15, 0.2) is 48.5 Å². The topological polar surface area (TPSA) is 32.3 Å². The molecule has 3 nitrogen and oxygen atoms in total. The number of fused-ring (bicyclic) bond motifs is 1. The van der Waals surface area contributed by atoms with Gasteiger partial charge in [-0.2, -0.15) is 13.2 Å². The zero-order valence-corrected chi connectivity index (χ0v) is 15.0. The van der Waals surface area contributed by atoms with Crippen LogP contribution in [0.1, 0.15) is 33.1 Å². The third-order valence-corrected chi connectivity index (χ3v) is 5.77. The summed E-state index contributed by atoms with van der Waals surface area (Å²) in [6, 6.07) is 12.6. The van der Waals surface area contributed by atoms with Crippen molar-refractivity contribution in [3.63, 3.8) is 0 Å². The summed E-state index contributed by atoms with van der Waals surface area (Å²) in [4.78, 5) is 15.0. The summed E-state index contributed by atoms with van der Waals surface area (Å²) < 4.78 is 39.2. The smallest absolute Gasteiger partial charge is 0.331 e. The third-order valence-electron chi connectivity index (χ3n) is 5.77. The fraction of sp³-hybridized carbons (Fsp3) is 0.381. The molecule has 2 aliphatic heterocycles. The number of likely N-dealkylation sites (tertiary alicyclic amines) is 1. The quantitative estimate of drug-likeness (QED) is 0.860. The van der Waals surface area contributed by atoms with Crippen molar-refractivity contribution in [2.24, 2.45) is 11.8 Å². The van der Waals surface area contributed by atoms with Gasteiger partial charge in [-0.05, 0) is 42.2 Å². The molecule has 2 saturated heterocycles. The monoisotopic (exact) mass is 374 g/mol. The normalized spacial score (nSPS) is 24.9. The van der Waals surface area contributed by atoms with E-state index in [1.807, 2.05) is 31.2 Å². The van der Waals surface area contributed by atoms with Crippen LogP contribution in [0.5, 0.6) is 0 Å². The van der Waals surface area contributed by atoms with E-state index in [0.29, 0.717) is 12.5 Å². The number of nitrogens with one attached hydrogen (secondary N) is 1. The highest BCUT2D eigenvalue weighted by Crippen LogP contribution is 2.44. The lowest BCUT2D eigenvalue weighted by molar-refractivity contribution is -0.137. The number of hydrogen-bond acceptors (Lipinski definition) is 2. The van der Waals surface area contributed by atoms with Crippen molar-refractivity contribution in [2.75, 3.05) is 19.6 Å². The Balaban J connectivity index is 1.71. The molecule has 3 atom stereocenters. The van der Waals surface area contributed by atoms with Gasteiger partial charge in [0.15, 0.2) is 0 Å². The lowest BCUT2D eigenvalue weighted by Crippen LogP contribution is -2.35. The predicted octanol–water partition coefficient (Wildman–Crippen LogP) is 4.05. The fourth-order valence-corrected chi connectivity index (χ4v) is 4.44. The first kappa shape index (κ1) is 18.0. The van der Waals surface area contributed by atoms with Crippen LogP contribution >= 0.6 is 0 Å². The molecule has 142 valence electrons. The predicted molar refractivity (Wildman–Crippen MR) is 96.3 cm³/mol. The lowest BCUT2D eigenvalue weighted by Gasteiger charge is -2.30. The van der Waals surface area contributed by atoms with Gasteiger partial charge >= 0.3 is 6.18 Å². The van der Waals surface area contributed by atoms with E-state index in [4.69, 9.17) is 0 Å². The van der Waals surface area contributed by atoms with Gasteiger partial charge in [-0.25, -0.2) is 0 Å². The highest BCUT2D eigenvalue weighted by molar-refractivity contribution is 5.95. The first-order chi connectivity index (χ1) is 12.9. The molecule has 1 N–H and O–H groups in total. The van der Waals surface area contributed by atoms with Crippen LogP contribution in [-0.2, 0) is 6.18 Å². The molecule has 2 heterocycles. The minimum Gasteiger partial charge on any atom is -0.331 e. The van der Waals surface area contributed by atoms with E-state index in [-0.39, 0.29) is 23.4 Å². The molecule has 1 amide bonds. The number of hydrogen-bond donors (Lipinski definition) is 1. The van der Waals surface area contributed by atoms with E-state index in [2.05, 4.69) is 5.32 Å². The van der Waals surface area contributed by atoms with Gasteiger partial charge in [0, 0.05) is 31.1 Å². The molecule has 6 heteroatoms. The Morgan fingerprint density at radius 2 is 1.89 bits per heavy atom. The summed E-state index contributed by atoms with van der Waals surface area (Å²) in [7, 11) is 0. The molecule has 2 aromatic rings. The van der Waals surface area contributed by atoms with E-state index in [1.165, 1.54) is 12.1 Å². The van der Waals surface area contributed by atoms with Gasteiger partial charge in [0.05, 0.1) is 11.6 Å². The Morgan fingerprint density at radius 3 is 2.63 bits per heavy atom. The first-order valence-electron chi connectivity index (χ1n) is 9.11. The largest absolute Gasteiger partial charge is 0.416 e.